The molecule has 1 heterocycles. The average molecular weight is 301 g/mol. The van der Waals surface area contributed by atoms with Gasteiger partial charge in [-0.15, -0.1) is 0 Å². The molecule has 4 heteroatoms. The molecule has 0 aliphatic heterocycles. The van der Waals surface area contributed by atoms with Crippen LogP contribution < -0.4 is 4.90 Å². The van der Waals surface area contributed by atoms with E-state index in [2.05, 4.69) is 51.6 Å². The van der Waals surface area contributed by atoms with Crippen molar-refractivity contribution >= 4 is 39.6 Å². The molecular formula is C10H12IN3. The van der Waals surface area contributed by atoms with Gasteiger partial charge in [-0.3, -0.25) is 0 Å². The Bertz CT molecular complexity index is 473. The Morgan fingerprint density at radius 1 is 1.36 bits per heavy atom. The lowest BCUT2D eigenvalue weighted by Gasteiger charge is -2.05. The number of H-pyrrole nitrogens is 1. The van der Waals surface area contributed by atoms with E-state index in [1.165, 1.54) is 9.13 Å². The molecule has 3 nitrogen and oxygen atoms in total. The van der Waals surface area contributed by atoms with Crippen LogP contribution in [-0.4, -0.2) is 24.1 Å². The van der Waals surface area contributed by atoms with E-state index in [1.54, 1.807) is 0 Å². The van der Waals surface area contributed by atoms with E-state index < -0.39 is 0 Å². The highest BCUT2D eigenvalue weighted by atomic mass is 127. The smallest absolute Gasteiger partial charge is 0.203 e. The van der Waals surface area contributed by atoms with Crippen LogP contribution in [0.4, 0.5) is 5.95 Å². The molecular weight excluding hydrogens is 289 g/mol. The van der Waals surface area contributed by atoms with Crippen molar-refractivity contribution in [3.05, 3.63) is 21.3 Å². The molecule has 1 aromatic carbocycles. The topological polar surface area (TPSA) is 31.9 Å². The highest BCUT2D eigenvalue weighted by molar-refractivity contribution is 14.1. The molecule has 0 bridgehead atoms. The van der Waals surface area contributed by atoms with Crippen LogP contribution >= 0.6 is 22.6 Å². The first-order chi connectivity index (χ1) is 6.58. The molecule has 0 unspecified atom stereocenters. The molecule has 0 atom stereocenters. The van der Waals surface area contributed by atoms with Crippen LogP contribution in [0.15, 0.2) is 12.1 Å². The fraction of sp³-hybridized carbons (Fsp3) is 0.300. The predicted octanol–water partition coefficient (Wildman–Crippen LogP) is 2.54. The molecule has 0 saturated carbocycles. The maximum absolute atomic E-state index is 4.52. The summed E-state index contributed by atoms with van der Waals surface area (Å²) in [5, 5.41) is 0. The fourth-order valence-electron chi connectivity index (χ4n) is 1.45. The van der Waals surface area contributed by atoms with Gasteiger partial charge in [-0.1, -0.05) is 0 Å². The monoisotopic (exact) mass is 301 g/mol. The number of hydrogen-bond acceptors (Lipinski definition) is 2. The van der Waals surface area contributed by atoms with Crippen molar-refractivity contribution in [3.8, 4) is 0 Å². The number of halogens is 1. The zero-order valence-electron chi connectivity index (χ0n) is 8.43. The normalized spacial score (nSPS) is 10.9. The summed E-state index contributed by atoms with van der Waals surface area (Å²) in [6.07, 6.45) is 0. The Morgan fingerprint density at radius 3 is 2.71 bits per heavy atom. The Morgan fingerprint density at radius 2 is 2.07 bits per heavy atom. The fourth-order valence-corrected chi connectivity index (χ4v) is 2.22. The van der Waals surface area contributed by atoms with E-state index in [0.29, 0.717) is 0 Å². The molecule has 1 N–H and O–H groups in total. The van der Waals surface area contributed by atoms with Gasteiger partial charge in [0, 0.05) is 17.7 Å². The van der Waals surface area contributed by atoms with E-state index in [-0.39, 0.29) is 0 Å². The Labute approximate surface area is 96.7 Å². The number of aromatic nitrogens is 2. The van der Waals surface area contributed by atoms with Crippen molar-refractivity contribution in [2.45, 2.75) is 6.92 Å². The summed E-state index contributed by atoms with van der Waals surface area (Å²) in [6, 6.07) is 4.26. The van der Waals surface area contributed by atoms with Gasteiger partial charge >= 0.3 is 0 Å². The van der Waals surface area contributed by atoms with Crippen molar-refractivity contribution in [1.29, 1.82) is 0 Å². The average Bonchev–Trinajstić information content (AvgIpc) is 2.47. The van der Waals surface area contributed by atoms with E-state index >= 15 is 0 Å². The molecule has 0 aliphatic rings. The third-order valence-electron chi connectivity index (χ3n) is 2.15. The van der Waals surface area contributed by atoms with Crippen molar-refractivity contribution < 1.29 is 0 Å². The van der Waals surface area contributed by atoms with Crippen LogP contribution in [0.3, 0.4) is 0 Å². The Hall–Kier alpha value is -0.780. The third-order valence-corrected chi connectivity index (χ3v) is 2.78. The summed E-state index contributed by atoms with van der Waals surface area (Å²) in [7, 11) is 3.97. The van der Waals surface area contributed by atoms with Crippen LogP contribution in [0, 0.1) is 10.5 Å². The number of aryl methyl sites for hydroxylation is 1. The summed E-state index contributed by atoms with van der Waals surface area (Å²) in [5.41, 5.74) is 3.39. The number of anilines is 1. The number of rotatable bonds is 1. The molecule has 0 fully saturated rings. The van der Waals surface area contributed by atoms with E-state index in [9.17, 15) is 0 Å². The van der Waals surface area contributed by atoms with Gasteiger partial charge in [-0.2, -0.15) is 0 Å². The second kappa shape index (κ2) is 3.42. The van der Waals surface area contributed by atoms with Crippen LogP contribution in [0.25, 0.3) is 11.0 Å². The summed E-state index contributed by atoms with van der Waals surface area (Å²) in [6.45, 7) is 2.09. The second-order valence-corrected chi connectivity index (χ2v) is 4.82. The number of imidazole rings is 1. The second-order valence-electron chi connectivity index (χ2n) is 3.57. The predicted molar refractivity (Wildman–Crippen MR) is 67.9 cm³/mol. The zero-order valence-corrected chi connectivity index (χ0v) is 10.6. The summed E-state index contributed by atoms with van der Waals surface area (Å²) >= 11 is 2.32. The number of fused-ring (bicyclic) bond motifs is 1. The lowest BCUT2D eigenvalue weighted by molar-refractivity contribution is 1.05. The number of benzene rings is 1. The van der Waals surface area contributed by atoms with Gasteiger partial charge in [0.05, 0.1) is 11.0 Å². The maximum Gasteiger partial charge on any atom is 0.203 e. The van der Waals surface area contributed by atoms with Gasteiger partial charge in [0.15, 0.2) is 0 Å². The van der Waals surface area contributed by atoms with Crippen LogP contribution in [0.5, 0.6) is 0 Å². The number of nitrogens with zero attached hydrogens (tertiary/aromatic N) is 2. The molecule has 0 aliphatic carbocycles. The minimum Gasteiger partial charge on any atom is -0.349 e. The molecule has 0 radical (unpaired) electrons. The standard InChI is InChI=1S/C10H12IN3/c1-6-4-7(11)5-8-9(6)13-10(12-8)14(2)3/h4-5H,1-3H3,(H,12,13). The highest BCUT2D eigenvalue weighted by Gasteiger charge is 2.06. The number of aromatic amines is 1. The zero-order chi connectivity index (χ0) is 10.3. The lowest BCUT2D eigenvalue weighted by atomic mass is 10.2. The van der Waals surface area contributed by atoms with E-state index in [0.717, 1.165) is 17.0 Å². The van der Waals surface area contributed by atoms with Crippen LogP contribution in [-0.2, 0) is 0 Å². The number of hydrogen-bond donors (Lipinski definition) is 1. The third kappa shape index (κ3) is 1.58. The lowest BCUT2D eigenvalue weighted by Crippen LogP contribution is -2.09. The molecule has 74 valence electrons. The van der Waals surface area contributed by atoms with Gasteiger partial charge in [-0.25, -0.2) is 4.98 Å². The van der Waals surface area contributed by atoms with Crippen molar-refractivity contribution in [2.24, 2.45) is 0 Å². The minimum absolute atomic E-state index is 0.908. The van der Waals surface area contributed by atoms with Gasteiger partial charge < -0.3 is 9.88 Å². The van der Waals surface area contributed by atoms with Crippen molar-refractivity contribution in [3.63, 3.8) is 0 Å². The molecule has 14 heavy (non-hydrogen) atoms. The molecule has 2 aromatic rings. The summed E-state index contributed by atoms with van der Waals surface area (Å²) in [4.78, 5) is 9.79. The minimum atomic E-state index is 0.908. The molecule has 0 amide bonds. The summed E-state index contributed by atoms with van der Waals surface area (Å²) in [5.74, 6) is 0.908. The van der Waals surface area contributed by atoms with Crippen LogP contribution in [0.2, 0.25) is 0 Å². The Kier molecular flexibility index (Phi) is 2.38. The molecule has 1 aromatic heterocycles. The Balaban J connectivity index is 2.70. The first-order valence-corrected chi connectivity index (χ1v) is 5.49. The van der Waals surface area contributed by atoms with Gasteiger partial charge in [0.25, 0.3) is 0 Å². The first kappa shape index (κ1) is 9.76. The largest absolute Gasteiger partial charge is 0.349 e. The van der Waals surface area contributed by atoms with Gasteiger partial charge in [-0.05, 0) is 47.2 Å². The number of nitrogens with one attached hydrogen (secondary N) is 1. The highest BCUT2D eigenvalue weighted by Crippen LogP contribution is 2.22. The van der Waals surface area contributed by atoms with Crippen molar-refractivity contribution in [1.82, 2.24) is 9.97 Å². The SMILES string of the molecule is Cc1cc(I)cc2[nH]c(N(C)C)nc12. The van der Waals surface area contributed by atoms with Gasteiger partial charge in [0.1, 0.15) is 0 Å². The van der Waals surface area contributed by atoms with E-state index in [1.807, 2.05) is 19.0 Å². The summed E-state index contributed by atoms with van der Waals surface area (Å²) < 4.78 is 1.24. The van der Waals surface area contributed by atoms with Gasteiger partial charge in [0.2, 0.25) is 5.95 Å². The molecule has 2 rings (SSSR count). The molecule has 0 saturated heterocycles. The first-order valence-electron chi connectivity index (χ1n) is 4.41. The van der Waals surface area contributed by atoms with E-state index in [4.69, 9.17) is 0 Å². The van der Waals surface area contributed by atoms with Crippen molar-refractivity contribution in [2.75, 3.05) is 19.0 Å². The maximum atomic E-state index is 4.52. The van der Waals surface area contributed by atoms with Crippen LogP contribution in [0.1, 0.15) is 5.56 Å². The quantitative estimate of drug-likeness (QED) is 0.821. The molecule has 0 spiro atoms.